The van der Waals surface area contributed by atoms with Crippen molar-refractivity contribution in [2.45, 2.75) is 57.4 Å². The molecule has 2 aliphatic rings. The summed E-state index contributed by atoms with van der Waals surface area (Å²) in [4.78, 5) is 29.6. The van der Waals surface area contributed by atoms with Crippen LogP contribution in [0.2, 0.25) is 0 Å². The number of fused-ring (bicyclic) bond motifs is 1. The second-order valence-electron chi connectivity index (χ2n) is 11.5. The molecule has 1 saturated carbocycles. The number of aryl methyl sites for hydroxylation is 2. The molecule has 9 nitrogen and oxygen atoms in total. The molecule has 0 radical (unpaired) electrons. The van der Waals surface area contributed by atoms with Gasteiger partial charge in [-0.1, -0.05) is 18.2 Å². The number of nitrogens with one attached hydrogen (secondary N) is 1. The zero-order valence-electron chi connectivity index (χ0n) is 25.0. The van der Waals surface area contributed by atoms with Crippen molar-refractivity contribution in [3.05, 3.63) is 58.1 Å². The Kier molecular flexibility index (Phi) is 10.1. The lowest BCUT2D eigenvalue weighted by molar-refractivity contribution is -0.132. The fourth-order valence-corrected chi connectivity index (χ4v) is 7.08. The summed E-state index contributed by atoms with van der Waals surface area (Å²) in [6, 6.07) is 9.88. The Balaban J connectivity index is 1.23. The van der Waals surface area contributed by atoms with E-state index in [9.17, 15) is 18.0 Å². The zero-order chi connectivity index (χ0) is 29.7. The Labute approximate surface area is 244 Å². The lowest BCUT2D eigenvalue weighted by Crippen LogP contribution is -2.39. The van der Waals surface area contributed by atoms with Gasteiger partial charge < -0.3 is 19.9 Å². The molecule has 0 atom stereocenters. The maximum absolute atomic E-state index is 13.2. The molecule has 0 spiro atoms. The highest BCUT2D eigenvalue weighted by atomic mass is 32.2. The Morgan fingerprint density at radius 2 is 1.68 bits per heavy atom. The van der Waals surface area contributed by atoms with Crippen LogP contribution in [0.25, 0.3) is 0 Å². The van der Waals surface area contributed by atoms with Crippen molar-refractivity contribution in [1.82, 2.24) is 19.4 Å². The molecule has 1 N–H and O–H groups in total. The average Bonchev–Trinajstić information content (AvgIpc) is 3.77. The lowest BCUT2D eigenvalue weighted by Gasteiger charge is -2.21. The van der Waals surface area contributed by atoms with Gasteiger partial charge in [0.25, 0.3) is 0 Å². The molecular weight excluding hydrogens is 540 g/mol. The van der Waals surface area contributed by atoms with Crippen molar-refractivity contribution in [2.24, 2.45) is 5.92 Å². The van der Waals surface area contributed by atoms with Crippen LogP contribution in [-0.4, -0.2) is 88.3 Å². The Bertz CT molecular complexity index is 1350. The minimum atomic E-state index is -3.80. The molecule has 1 fully saturated rings. The van der Waals surface area contributed by atoms with E-state index in [0.29, 0.717) is 23.4 Å². The summed E-state index contributed by atoms with van der Waals surface area (Å²) in [7, 11) is 0.928. The number of carbonyl (C=O) groups excluding carboxylic acids is 2. The number of sulfonamides is 1. The van der Waals surface area contributed by atoms with Gasteiger partial charge in [-0.2, -0.15) is 0 Å². The maximum Gasteiger partial charge on any atom is 0.243 e. The highest BCUT2D eigenvalue weighted by Gasteiger charge is 2.27. The van der Waals surface area contributed by atoms with Crippen molar-refractivity contribution in [1.29, 1.82) is 0 Å². The number of ether oxygens (including phenoxy) is 1. The molecule has 2 aromatic rings. The molecule has 1 aliphatic heterocycles. The van der Waals surface area contributed by atoms with Crippen LogP contribution in [0.15, 0.2) is 35.2 Å². The van der Waals surface area contributed by atoms with E-state index in [4.69, 9.17) is 4.74 Å². The van der Waals surface area contributed by atoms with Crippen LogP contribution in [0.4, 0.5) is 0 Å². The molecule has 1 aliphatic carbocycles. The first-order chi connectivity index (χ1) is 19.5. The third-order valence-electron chi connectivity index (χ3n) is 8.15. The highest BCUT2D eigenvalue weighted by molar-refractivity contribution is 7.89. The van der Waals surface area contributed by atoms with Crippen molar-refractivity contribution < 1.29 is 22.7 Å². The van der Waals surface area contributed by atoms with Gasteiger partial charge in [-0.25, -0.2) is 12.7 Å². The Morgan fingerprint density at radius 3 is 2.32 bits per heavy atom. The summed E-state index contributed by atoms with van der Waals surface area (Å²) >= 11 is 0. The summed E-state index contributed by atoms with van der Waals surface area (Å²) in [5, 5.41) is 2.64. The lowest BCUT2D eigenvalue weighted by atomic mass is 10.00. The molecule has 224 valence electrons. The smallest absolute Gasteiger partial charge is 0.243 e. The number of carbonyl (C=O) groups is 2. The molecule has 0 bridgehead atoms. The minimum Gasteiger partial charge on any atom is -0.497 e. The Morgan fingerprint density at radius 1 is 1.02 bits per heavy atom. The second kappa shape index (κ2) is 13.4. The molecule has 0 unspecified atom stereocenters. The van der Waals surface area contributed by atoms with Crippen LogP contribution in [-0.2, 0) is 39.0 Å². The van der Waals surface area contributed by atoms with E-state index in [1.165, 1.54) is 49.0 Å². The highest BCUT2D eigenvalue weighted by Crippen LogP contribution is 2.31. The van der Waals surface area contributed by atoms with Crippen LogP contribution in [0.5, 0.6) is 5.75 Å². The van der Waals surface area contributed by atoms with Gasteiger partial charge in [0, 0.05) is 53.2 Å². The monoisotopic (exact) mass is 584 g/mol. The second-order valence-corrected chi connectivity index (χ2v) is 13.5. The topological polar surface area (TPSA) is 99.3 Å². The average molecular weight is 585 g/mol. The number of nitrogens with zero attached hydrogens (tertiary/aromatic N) is 3. The minimum absolute atomic E-state index is 0.00365. The zero-order valence-corrected chi connectivity index (χ0v) is 25.8. The first-order valence-corrected chi connectivity index (χ1v) is 15.9. The predicted octanol–water partition coefficient (Wildman–Crippen LogP) is 2.91. The number of amides is 2. The normalized spacial score (nSPS) is 15.8. The number of likely N-dealkylation sites (N-methyl/N-ethyl adjacent to an activating group) is 1. The molecule has 10 heteroatoms. The van der Waals surface area contributed by atoms with Gasteiger partial charge >= 0.3 is 0 Å². The molecule has 1 heterocycles. The SMILES string of the molecule is COc1cc(C)c(S(=O)(=O)N(C)CCC(=O)NCC(=O)N(C)Cc2ccc3c(c2)CCN(CC2CC2)CC3)c(C)c1. The van der Waals surface area contributed by atoms with E-state index in [-0.39, 0.29) is 36.2 Å². The fraction of sp³-hybridized carbons (Fsp3) is 0.548. The molecule has 2 aromatic carbocycles. The van der Waals surface area contributed by atoms with Gasteiger partial charge in [0.15, 0.2) is 0 Å². The number of hydrogen-bond donors (Lipinski definition) is 1. The van der Waals surface area contributed by atoms with E-state index >= 15 is 0 Å². The molecule has 2 amide bonds. The maximum atomic E-state index is 13.2. The van der Waals surface area contributed by atoms with Crippen LogP contribution in [0.3, 0.4) is 0 Å². The third-order valence-corrected chi connectivity index (χ3v) is 10.3. The van der Waals surface area contributed by atoms with Gasteiger partial charge in [-0.3, -0.25) is 9.59 Å². The largest absolute Gasteiger partial charge is 0.497 e. The van der Waals surface area contributed by atoms with Crippen molar-refractivity contribution in [3.8, 4) is 5.75 Å². The van der Waals surface area contributed by atoms with Crippen LogP contribution in [0, 0.1) is 19.8 Å². The number of rotatable bonds is 12. The summed E-state index contributed by atoms with van der Waals surface area (Å²) in [6.45, 7) is 7.19. The molecule has 0 aromatic heterocycles. The van der Waals surface area contributed by atoms with Crippen molar-refractivity contribution in [2.75, 3.05) is 53.9 Å². The summed E-state index contributed by atoms with van der Waals surface area (Å²) in [6.07, 6.45) is 4.79. The standard InChI is InChI=1S/C31H44N4O5S/c1-22-16-28(40-5)17-23(2)31(22)41(38,39)34(4)13-12-29(36)32-19-30(37)33(3)20-25-8-9-26-10-14-35(21-24-6-7-24)15-11-27(26)18-25/h8-9,16-18,24H,6-7,10-15,19-21H2,1-5H3,(H,32,36). The summed E-state index contributed by atoms with van der Waals surface area (Å²) < 4.78 is 32.7. The third kappa shape index (κ3) is 8.08. The first kappa shape index (κ1) is 31.0. The van der Waals surface area contributed by atoms with E-state index in [1.807, 2.05) is 0 Å². The summed E-state index contributed by atoms with van der Waals surface area (Å²) in [5.74, 6) is 0.911. The first-order valence-electron chi connectivity index (χ1n) is 14.4. The van der Waals surface area contributed by atoms with E-state index in [2.05, 4.69) is 28.4 Å². The fourth-order valence-electron chi connectivity index (χ4n) is 5.50. The van der Waals surface area contributed by atoms with Crippen molar-refractivity contribution >= 4 is 21.8 Å². The number of benzene rings is 2. The van der Waals surface area contributed by atoms with Crippen LogP contribution >= 0.6 is 0 Å². The van der Waals surface area contributed by atoms with E-state index in [0.717, 1.165) is 37.4 Å². The van der Waals surface area contributed by atoms with Gasteiger partial charge in [0.05, 0.1) is 18.6 Å². The van der Waals surface area contributed by atoms with E-state index in [1.54, 1.807) is 37.9 Å². The number of hydrogen-bond acceptors (Lipinski definition) is 6. The molecular formula is C31H44N4O5S. The van der Waals surface area contributed by atoms with Crippen LogP contribution < -0.4 is 10.1 Å². The Hall–Kier alpha value is -2.95. The molecule has 4 rings (SSSR count). The van der Waals surface area contributed by atoms with Gasteiger partial charge in [0.2, 0.25) is 21.8 Å². The summed E-state index contributed by atoms with van der Waals surface area (Å²) in [5.41, 5.74) is 5.01. The van der Waals surface area contributed by atoms with Gasteiger partial charge in [-0.05, 0) is 85.4 Å². The van der Waals surface area contributed by atoms with Gasteiger partial charge in [-0.15, -0.1) is 0 Å². The van der Waals surface area contributed by atoms with Gasteiger partial charge in [0.1, 0.15) is 5.75 Å². The van der Waals surface area contributed by atoms with E-state index < -0.39 is 10.0 Å². The van der Waals surface area contributed by atoms with Crippen LogP contribution in [0.1, 0.15) is 47.1 Å². The molecule has 41 heavy (non-hydrogen) atoms. The molecule has 0 saturated heterocycles. The number of methoxy groups -OCH3 is 1. The van der Waals surface area contributed by atoms with Crippen molar-refractivity contribution in [3.63, 3.8) is 0 Å². The quantitative estimate of drug-likeness (QED) is 0.412. The predicted molar refractivity (Wildman–Crippen MR) is 159 cm³/mol.